The highest BCUT2D eigenvalue weighted by atomic mass is 16.6. The maximum absolute atomic E-state index is 11.7. The lowest BCUT2D eigenvalue weighted by atomic mass is 9.91. The third-order valence-electron chi connectivity index (χ3n) is 8.36. The smallest absolute Gasteiger partial charge is 0.293 e. The predicted molar refractivity (Wildman–Crippen MR) is 179 cm³/mol. The van der Waals surface area contributed by atoms with Crippen molar-refractivity contribution in [3.8, 4) is 0 Å². The van der Waals surface area contributed by atoms with Gasteiger partial charge in [0.25, 0.3) is 12.9 Å². The number of carbonyl (C=O) groups is 2. The summed E-state index contributed by atoms with van der Waals surface area (Å²) in [5.74, 6) is 0.944. The summed E-state index contributed by atoms with van der Waals surface area (Å²) in [5, 5.41) is 19.0. The van der Waals surface area contributed by atoms with Gasteiger partial charge in [-0.25, -0.2) is 4.98 Å². The molecule has 7 rings (SSSR count). The zero-order valence-electron chi connectivity index (χ0n) is 26.9. The van der Waals surface area contributed by atoms with Crippen molar-refractivity contribution in [1.29, 1.82) is 0 Å². The molecule has 50 heavy (non-hydrogen) atoms. The molecule has 2 N–H and O–H groups in total. The number of ether oxygens (including phenoxy) is 3. The summed E-state index contributed by atoms with van der Waals surface area (Å²) in [4.78, 5) is 43.3. The Bertz CT molecular complexity index is 1990. The van der Waals surface area contributed by atoms with Gasteiger partial charge in [0.2, 0.25) is 11.8 Å². The average Bonchev–Trinajstić information content (AvgIpc) is 3.87. The molecule has 1 aliphatic rings. The fourth-order valence-corrected chi connectivity index (χ4v) is 6.06. The SMILES string of the molecule is Cn1nnc([C@H]2O[C@@H](n3cnc4c(NCC(c5ccccc5)c5ccccc5)nc(NCCc5ccccn5)nc43)[C@H](OC=O)[C@@H]2OC=O)n1. The van der Waals surface area contributed by atoms with E-state index in [0.717, 1.165) is 16.8 Å². The number of pyridine rings is 1. The van der Waals surface area contributed by atoms with Gasteiger partial charge in [0.15, 0.2) is 41.5 Å². The van der Waals surface area contributed by atoms with E-state index in [1.54, 1.807) is 17.8 Å². The molecule has 0 radical (unpaired) electrons. The van der Waals surface area contributed by atoms with Crippen LogP contribution in [-0.2, 0) is 37.3 Å². The minimum atomic E-state index is -1.10. The summed E-state index contributed by atoms with van der Waals surface area (Å²) >= 11 is 0. The minimum Gasteiger partial charge on any atom is -0.457 e. The van der Waals surface area contributed by atoms with Crippen LogP contribution in [-0.4, -0.2) is 83.0 Å². The third kappa shape index (κ3) is 6.82. The van der Waals surface area contributed by atoms with Crippen LogP contribution in [0.3, 0.4) is 0 Å². The van der Waals surface area contributed by atoms with E-state index >= 15 is 0 Å². The Kier molecular flexibility index (Phi) is 9.59. The Morgan fingerprint density at radius 2 is 1.60 bits per heavy atom. The summed E-state index contributed by atoms with van der Waals surface area (Å²) in [7, 11) is 1.59. The maximum Gasteiger partial charge on any atom is 0.293 e. The van der Waals surface area contributed by atoms with Gasteiger partial charge < -0.3 is 24.8 Å². The predicted octanol–water partition coefficient (Wildman–Crippen LogP) is 3.00. The van der Waals surface area contributed by atoms with Crippen LogP contribution in [0.2, 0.25) is 0 Å². The molecule has 5 heterocycles. The molecular formula is C34H33N11O5. The van der Waals surface area contributed by atoms with Gasteiger partial charge in [0.05, 0.1) is 13.4 Å². The first kappa shape index (κ1) is 32.3. The van der Waals surface area contributed by atoms with Crippen LogP contribution < -0.4 is 10.6 Å². The summed E-state index contributed by atoms with van der Waals surface area (Å²) in [6.07, 6.45) is -0.326. The van der Waals surface area contributed by atoms with Gasteiger partial charge in [-0.15, -0.1) is 10.2 Å². The zero-order valence-corrected chi connectivity index (χ0v) is 26.9. The molecule has 4 atom stereocenters. The molecule has 16 heteroatoms. The van der Waals surface area contributed by atoms with E-state index in [0.29, 0.717) is 42.4 Å². The molecule has 1 fully saturated rings. The fourth-order valence-electron chi connectivity index (χ4n) is 6.06. The monoisotopic (exact) mass is 675 g/mol. The second-order valence-corrected chi connectivity index (χ2v) is 11.5. The van der Waals surface area contributed by atoms with E-state index in [-0.39, 0.29) is 24.7 Å². The molecule has 16 nitrogen and oxygen atoms in total. The first-order valence-electron chi connectivity index (χ1n) is 15.9. The first-order valence-corrected chi connectivity index (χ1v) is 15.9. The Morgan fingerprint density at radius 3 is 2.26 bits per heavy atom. The van der Waals surface area contributed by atoms with Crippen LogP contribution in [0.4, 0.5) is 11.8 Å². The molecule has 0 aliphatic carbocycles. The van der Waals surface area contributed by atoms with Crippen molar-refractivity contribution in [2.75, 3.05) is 23.7 Å². The van der Waals surface area contributed by atoms with E-state index < -0.39 is 24.5 Å². The number of aromatic nitrogens is 9. The fraction of sp³-hybridized carbons (Fsp3) is 0.265. The number of hydrogen-bond donors (Lipinski definition) is 2. The van der Waals surface area contributed by atoms with E-state index in [2.05, 4.69) is 60.3 Å². The maximum atomic E-state index is 11.7. The lowest BCUT2D eigenvalue weighted by molar-refractivity contribution is -0.151. The van der Waals surface area contributed by atoms with Crippen LogP contribution in [0.1, 0.15) is 40.9 Å². The van der Waals surface area contributed by atoms with Crippen LogP contribution >= 0.6 is 0 Å². The van der Waals surface area contributed by atoms with Gasteiger partial charge in [-0.3, -0.25) is 19.1 Å². The van der Waals surface area contributed by atoms with Crippen molar-refractivity contribution < 1.29 is 23.8 Å². The van der Waals surface area contributed by atoms with Gasteiger partial charge in [-0.05, 0) is 28.5 Å². The van der Waals surface area contributed by atoms with Gasteiger partial charge in [-0.1, -0.05) is 66.7 Å². The molecule has 1 saturated heterocycles. The molecule has 0 unspecified atom stereocenters. The number of imidazole rings is 1. The van der Waals surface area contributed by atoms with Crippen molar-refractivity contribution in [2.45, 2.75) is 36.9 Å². The van der Waals surface area contributed by atoms with Crippen molar-refractivity contribution in [1.82, 2.24) is 44.7 Å². The second kappa shape index (κ2) is 14.9. The van der Waals surface area contributed by atoms with Crippen LogP contribution in [0, 0.1) is 0 Å². The average molecular weight is 676 g/mol. The Morgan fingerprint density at radius 1 is 0.880 bits per heavy atom. The van der Waals surface area contributed by atoms with Crippen molar-refractivity contribution in [3.05, 3.63) is 114 Å². The molecule has 254 valence electrons. The largest absolute Gasteiger partial charge is 0.457 e. The van der Waals surface area contributed by atoms with Gasteiger partial charge in [0, 0.05) is 37.3 Å². The Hall–Kier alpha value is -6.29. The molecule has 4 aromatic heterocycles. The van der Waals surface area contributed by atoms with Gasteiger partial charge in [-0.2, -0.15) is 14.8 Å². The van der Waals surface area contributed by atoms with E-state index in [1.165, 1.54) is 11.1 Å². The topological polar surface area (TPSA) is 186 Å². The lowest BCUT2D eigenvalue weighted by Gasteiger charge is -2.21. The number of fused-ring (bicyclic) bond motifs is 1. The Balaban J connectivity index is 1.26. The number of nitrogens with zero attached hydrogens (tertiary/aromatic N) is 9. The molecule has 0 saturated carbocycles. The highest BCUT2D eigenvalue weighted by Gasteiger charge is 2.52. The lowest BCUT2D eigenvalue weighted by Crippen LogP contribution is -2.34. The highest BCUT2D eigenvalue weighted by Crippen LogP contribution is 2.42. The highest BCUT2D eigenvalue weighted by molar-refractivity contribution is 5.84. The summed E-state index contributed by atoms with van der Waals surface area (Å²) in [6.45, 7) is 1.52. The van der Waals surface area contributed by atoms with Gasteiger partial charge >= 0.3 is 0 Å². The quantitative estimate of drug-likeness (QED) is 0.151. The number of nitrogens with one attached hydrogen (secondary N) is 2. The molecular weight excluding hydrogens is 642 g/mol. The molecule has 2 aromatic carbocycles. The summed E-state index contributed by atoms with van der Waals surface area (Å²) < 4.78 is 18.8. The number of benzene rings is 2. The molecule has 6 aromatic rings. The first-order chi connectivity index (χ1) is 24.6. The number of rotatable bonds is 15. The molecule has 0 bridgehead atoms. The standard InChI is InChI=1S/C34H33N11O5/c1-44-42-31(41-43-44)28-27(48-20-46)29(49-21-47)33(50-28)45-19-38-26-30(39-34(40-32(26)45)36-17-15-24-14-8-9-16-35-24)37-18-25(22-10-4-2-5-11-22)23-12-6-3-7-13-23/h2-14,16,19-21,25,27-29,33H,15,17-18H2,1H3,(H2,36,37,39,40)/t27-,28+,29-,33-/m1/s1. The van der Waals surface area contributed by atoms with Gasteiger partial charge in [0.1, 0.15) is 0 Å². The molecule has 0 amide bonds. The minimum absolute atomic E-state index is 0.00455. The van der Waals surface area contributed by atoms with Crippen molar-refractivity contribution in [2.24, 2.45) is 7.05 Å². The molecule has 1 aliphatic heterocycles. The number of aryl methyl sites for hydroxylation is 1. The van der Waals surface area contributed by atoms with Crippen molar-refractivity contribution >= 4 is 35.9 Å². The van der Waals surface area contributed by atoms with Crippen molar-refractivity contribution in [3.63, 3.8) is 0 Å². The van der Waals surface area contributed by atoms with E-state index in [4.69, 9.17) is 24.2 Å². The second-order valence-electron chi connectivity index (χ2n) is 11.5. The van der Waals surface area contributed by atoms with E-state index in [1.807, 2.05) is 54.6 Å². The van der Waals surface area contributed by atoms with Crippen LogP contribution in [0.25, 0.3) is 11.2 Å². The molecule has 0 spiro atoms. The zero-order chi connectivity index (χ0) is 34.3. The number of hydrogen-bond acceptors (Lipinski definition) is 14. The number of tetrazole rings is 1. The number of anilines is 2. The third-order valence-corrected chi connectivity index (χ3v) is 8.36. The summed E-state index contributed by atoms with van der Waals surface area (Å²) in [5.41, 5.74) is 4.00. The van der Waals surface area contributed by atoms with E-state index in [9.17, 15) is 9.59 Å². The normalized spacial score (nSPS) is 18.6. The Labute approximate surface area is 285 Å². The van der Waals surface area contributed by atoms with Crippen LogP contribution in [0.15, 0.2) is 91.4 Å². The van der Waals surface area contributed by atoms with Crippen LogP contribution in [0.5, 0.6) is 0 Å². The summed E-state index contributed by atoms with van der Waals surface area (Å²) in [6, 6.07) is 26.2. The number of carbonyl (C=O) groups excluding carboxylic acids is 2.